The lowest BCUT2D eigenvalue weighted by molar-refractivity contribution is -0.113. The lowest BCUT2D eigenvalue weighted by Gasteiger charge is -2.11. The van der Waals surface area contributed by atoms with E-state index < -0.39 is 0 Å². The summed E-state index contributed by atoms with van der Waals surface area (Å²) in [5, 5.41) is 13.3. The topological polar surface area (TPSA) is 69.0 Å². The molecule has 0 radical (unpaired) electrons. The molecule has 0 aliphatic carbocycles. The Labute approximate surface area is 187 Å². The molecule has 29 heavy (non-hydrogen) atoms. The van der Waals surface area contributed by atoms with Crippen molar-refractivity contribution < 1.29 is 9.53 Å². The summed E-state index contributed by atoms with van der Waals surface area (Å²) in [6.45, 7) is 2.59. The van der Waals surface area contributed by atoms with Gasteiger partial charge >= 0.3 is 0 Å². The molecule has 1 heterocycles. The molecule has 3 aromatic rings. The van der Waals surface area contributed by atoms with Crippen LogP contribution in [0.4, 0.5) is 5.69 Å². The molecular weight excluding hydrogens is 455 g/mol. The molecule has 0 aliphatic rings. The van der Waals surface area contributed by atoms with Crippen molar-refractivity contribution in [1.82, 2.24) is 14.8 Å². The van der Waals surface area contributed by atoms with Crippen LogP contribution in [0.25, 0.3) is 11.4 Å². The third kappa shape index (κ3) is 5.17. The molecule has 0 atom stereocenters. The lowest BCUT2D eigenvalue weighted by Crippen LogP contribution is -2.15. The van der Waals surface area contributed by atoms with Gasteiger partial charge in [-0.05, 0) is 43.3 Å². The first-order chi connectivity index (χ1) is 13.9. The Kier molecular flexibility index (Phi) is 7.29. The second-order valence-electron chi connectivity index (χ2n) is 5.86. The van der Waals surface area contributed by atoms with Crippen LogP contribution < -0.4 is 10.1 Å². The molecular formula is C19H17Cl3N4O2S. The zero-order chi connectivity index (χ0) is 21.0. The van der Waals surface area contributed by atoms with Crippen LogP contribution in [-0.2, 0) is 11.3 Å². The van der Waals surface area contributed by atoms with Gasteiger partial charge in [0.2, 0.25) is 5.91 Å². The Morgan fingerprint density at radius 1 is 1.14 bits per heavy atom. The SMILES string of the molecule is CCn1c(SCC(=O)Nc2ccc(Cl)cc2Cl)nnc1-c1cc(Cl)ccc1OC. The predicted octanol–water partition coefficient (Wildman–Crippen LogP) is 5.66. The van der Waals surface area contributed by atoms with Gasteiger partial charge in [0.25, 0.3) is 0 Å². The fraction of sp³-hybridized carbons (Fsp3) is 0.211. The highest BCUT2D eigenvalue weighted by Gasteiger charge is 2.18. The van der Waals surface area contributed by atoms with Gasteiger partial charge in [-0.15, -0.1) is 10.2 Å². The summed E-state index contributed by atoms with van der Waals surface area (Å²) >= 11 is 19.4. The number of aromatic nitrogens is 3. The summed E-state index contributed by atoms with van der Waals surface area (Å²) in [4.78, 5) is 12.3. The van der Waals surface area contributed by atoms with Gasteiger partial charge in [-0.2, -0.15) is 0 Å². The summed E-state index contributed by atoms with van der Waals surface area (Å²) in [7, 11) is 1.58. The zero-order valence-corrected chi connectivity index (χ0v) is 18.7. The van der Waals surface area contributed by atoms with E-state index in [0.29, 0.717) is 44.0 Å². The highest BCUT2D eigenvalue weighted by atomic mass is 35.5. The molecule has 0 saturated carbocycles. The average molecular weight is 472 g/mol. The third-order valence-electron chi connectivity index (χ3n) is 3.97. The van der Waals surface area contributed by atoms with Crippen molar-refractivity contribution in [2.45, 2.75) is 18.6 Å². The van der Waals surface area contributed by atoms with Gasteiger partial charge in [-0.25, -0.2) is 0 Å². The van der Waals surface area contributed by atoms with Crippen molar-refractivity contribution in [3.05, 3.63) is 51.5 Å². The Morgan fingerprint density at radius 3 is 2.55 bits per heavy atom. The maximum Gasteiger partial charge on any atom is 0.234 e. The van der Waals surface area contributed by atoms with Crippen LogP contribution >= 0.6 is 46.6 Å². The number of carbonyl (C=O) groups is 1. The molecule has 6 nitrogen and oxygen atoms in total. The van der Waals surface area contributed by atoms with Crippen LogP contribution in [0.1, 0.15) is 6.92 Å². The molecule has 0 saturated heterocycles. The van der Waals surface area contributed by atoms with E-state index in [0.717, 1.165) is 5.56 Å². The van der Waals surface area contributed by atoms with Gasteiger partial charge < -0.3 is 14.6 Å². The highest BCUT2D eigenvalue weighted by molar-refractivity contribution is 7.99. The quantitative estimate of drug-likeness (QED) is 0.450. The predicted molar refractivity (Wildman–Crippen MR) is 119 cm³/mol. The number of amides is 1. The van der Waals surface area contributed by atoms with E-state index in [9.17, 15) is 4.79 Å². The van der Waals surface area contributed by atoms with E-state index >= 15 is 0 Å². The van der Waals surface area contributed by atoms with Gasteiger partial charge in [-0.1, -0.05) is 46.6 Å². The Balaban J connectivity index is 1.76. The maximum atomic E-state index is 12.3. The number of nitrogens with zero attached hydrogens (tertiary/aromatic N) is 3. The van der Waals surface area contributed by atoms with E-state index in [1.807, 2.05) is 11.5 Å². The number of ether oxygens (including phenoxy) is 1. The van der Waals surface area contributed by atoms with E-state index in [-0.39, 0.29) is 11.7 Å². The van der Waals surface area contributed by atoms with Crippen LogP contribution in [0.3, 0.4) is 0 Å². The van der Waals surface area contributed by atoms with Gasteiger partial charge in [0.05, 0.1) is 29.1 Å². The van der Waals surface area contributed by atoms with Crippen LogP contribution in [-0.4, -0.2) is 33.5 Å². The first-order valence-corrected chi connectivity index (χ1v) is 10.7. The van der Waals surface area contributed by atoms with Gasteiger partial charge in [0, 0.05) is 16.6 Å². The number of benzene rings is 2. The molecule has 1 N–H and O–H groups in total. The van der Waals surface area contributed by atoms with E-state index in [1.165, 1.54) is 11.8 Å². The number of hydrogen-bond acceptors (Lipinski definition) is 5. The Bertz CT molecular complexity index is 1040. The number of rotatable bonds is 7. The van der Waals surface area contributed by atoms with Gasteiger partial charge in [0.15, 0.2) is 11.0 Å². The minimum Gasteiger partial charge on any atom is -0.496 e. The molecule has 0 aliphatic heterocycles. The third-order valence-corrected chi connectivity index (χ3v) is 5.72. The minimum atomic E-state index is -0.216. The number of hydrogen-bond donors (Lipinski definition) is 1. The summed E-state index contributed by atoms with van der Waals surface area (Å²) in [5.41, 5.74) is 1.24. The van der Waals surface area contributed by atoms with Crippen molar-refractivity contribution >= 4 is 58.2 Å². The molecule has 0 fully saturated rings. The standard InChI is InChI=1S/C19H17Cl3N4O2S/c1-3-26-18(13-8-11(20)5-7-16(13)28-2)24-25-19(26)29-10-17(27)23-15-6-4-12(21)9-14(15)22/h4-9H,3,10H2,1-2H3,(H,23,27). The van der Waals surface area contributed by atoms with Crippen molar-refractivity contribution in [1.29, 1.82) is 0 Å². The number of nitrogens with one attached hydrogen (secondary N) is 1. The van der Waals surface area contributed by atoms with Gasteiger partial charge in [-0.3, -0.25) is 4.79 Å². The second-order valence-corrected chi connectivity index (χ2v) is 8.08. The minimum absolute atomic E-state index is 0.143. The average Bonchev–Trinajstić information content (AvgIpc) is 3.11. The fourth-order valence-corrected chi connectivity index (χ4v) is 4.07. The number of methoxy groups -OCH3 is 1. The van der Waals surface area contributed by atoms with E-state index in [2.05, 4.69) is 15.5 Å². The lowest BCUT2D eigenvalue weighted by atomic mass is 10.2. The fourth-order valence-electron chi connectivity index (χ4n) is 2.64. The molecule has 3 rings (SSSR count). The summed E-state index contributed by atoms with van der Waals surface area (Å²) in [6, 6.07) is 10.2. The number of halogens is 3. The largest absolute Gasteiger partial charge is 0.496 e. The van der Waals surface area contributed by atoms with Crippen LogP contribution in [0.5, 0.6) is 5.75 Å². The van der Waals surface area contributed by atoms with Crippen LogP contribution in [0.15, 0.2) is 41.6 Å². The molecule has 10 heteroatoms. The van der Waals surface area contributed by atoms with E-state index in [1.54, 1.807) is 43.5 Å². The monoisotopic (exact) mass is 470 g/mol. The molecule has 0 spiro atoms. The second kappa shape index (κ2) is 9.71. The number of anilines is 1. The Morgan fingerprint density at radius 2 is 1.86 bits per heavy atom. The van der Waals surface area contributed by atoms with Crippen LogP contribution in [0.2, 0.25) is 15.1 Å². The number of thioether (sulfide) groups is 1. The van der Waals surface area contributed by atoms with E-state index in [4.69, 9.17) is 39.5 Å². The first kappa shape index (κ1) is 21.8. The maximum absolute atomic E-state index is 12.3. The molecule has 0 bridgehead atoms. The first-order valence-electron chi connectivity index (χ1n) is 8.57. The Hall–Kier alpha value is -1.93. The molecule has 2 aromatic carbocycles. The summed E-state index contributed by atoms with van der Waals surface area (Å²) in [6.07, 6.45) is 0. The number of carbonyl (C=O) groups excluding carboxylic acids is 1. The summed E-state index contributed by atoms with van der Waals surface area (Å²) < 4.78 is 7.32. The molecule has 152 valence electrons. The molecule has 1 aromatic heterocycles. The zero-order valence-electron chi connectivity index (χ0n) is 15.6. The molecule has 0 unspecified atom stereocenters. The van der Waals surface area contributed by atoms with Gasteiger partial charge in [0.1, 0.15) is 5.75 Å². The smallest absolute Gasteiger partial charge is 0.234 e. The normalized spacial score (nSPS) is 10.8. The van der Waals surface area contributed by atoms with Crippen molar-refractivity contribution in [2.24, 2.45) is 0 Å². The summed E-state index contributed by atoms with van der Waals surface area (Å²) in [5.74, 6) is 1.19. The van der Waals surface area contributed by atoms with Crippen molar-refractivity contribution in [2.75, 3.05) is 18.2 Å². The molecule has 1 amide bonds. The van der Waals surface area contributed by atoms with Crippen molar-refractivity contribution in [3.8, 4) is 17.1 Å². The van der Waals surface area contributed by atoms with Crippen LogP contribution in [0, 0.1) is 0 Å². The van der Waals surface area contributed by atoms with Crippen molar-refractivity contribution in [3.63, 3.8) is 0 Å². The highest BCUT2D eigenvalue weighted by Crippen LogP contribution is 2.33.